The van der Waals surface area contributed by atoms with Crippen LogP contribution >= 0.6 is 0 Å². The Hall–Kier alpha value is -4.39. The van der Waals surface area contributed by atoms with E-state index in [1.165, 1.54) is 12.4 Å². The lowest BCUT2D eigenvalue weighted by Crippen LogP contribution is -2.36. The van der Waals surface area contributed by atoms with E-state index in [0.29, 0.717) is 58.7 Å². The number of aliphatic hydroxyl groups is 2. The maximum Gasteiger partial charge on any atom is 0.280 e. The summed E-state index contributed by atoms with van der Waals surface area (Å²) in [6, 6.07) is 12.2. The number of hydrogen-bond donors (Lipinski definition) is 3. The highest BCUT2D eigenvalue weighted by Gasteiger charge is 2.30. The number of aliphatic imine (C=N–C) groups is 1. The zero-order chi connectivity index (χ0) is 33.8. The molecule has 2 aromatic carbocycles. The van der Waals surface area contributed by atoms with Crippen LogP contribution in [0.25, 0.3) is 16.9 Å². The van der Waals surface area contributed by atoms with Crippen LogP contribution in [0.2, 0.25) is 0 Å². The molecule has 2 aromatic heterocycles. The third-order valence-corrected chi connectivity index (χ3v) is 9.27. The van der Waals surface area contributed by atoms with E-state index in [2.05, 4.69) is 27.5 Å². The first kappa shape index (κ1) is 33.5. The number of aliphatic hydroxyl groups excluding tert-OH is 2. The second-order valence-electron chi connectivity index (χ2n) is 12.4. The molecule has 4 aromatic rings. The van der Waals surface area contributed by atoms with E-state index in [-0.39, 0.29) is 36.0 Å². The van der Waals surface area contributed by atoms with Crippen molar-refractivity contribution >= 4 is 11.6 Å². The van der Waals surface area contributed by atoms with E-state index in [0.717, 1.165) is 37.8 Å². The Morgan fingerprint density at radius 2 is 1.92 bits per heavy atom. The number of rotatable bonds is 12. The van der Waals surface area contributed by atoms with Gasteiger partial charge in [0.2, 0.25) is 5.78 Å². The van der Waals surface area contributed by atoms with Crippen molar-refractivity contribution in [3.05, 3.63) is 99.2 Å². The van der Waals surface area contributed by atoms with Crippen LogP contribution in [0.1, 0.15) is 94.1 Å². The fourth-order valence-electron chi connectivity index (χ4n) is 6.87. The molecule has 11 nitrogen and oxygen atoms in total. The van der Waals surface area contributed by atoms with Crippen LogP contribution in [0.15, 0.2) is 70.4 Å². The normalized spacial score (nSPS) is 20.6. The zero-order valence-corrected chi connectivity index (χ0v) is 27.6. The summed E-state index contributed by atoms with van der Waals surface area (Å²) in [6.45, 7) is 5.91. The van der Waals surface area contributed by atoms with Gasteiger partial charge in [-0.3, -0.25) is 9.36 Å². The maximum absolute atomic E-state index is 15.9. The van der Waals surface area contributed by atoms with Crippen LogP contribution < -0.4 is 11.0 Å². The van der Waals surface area contributed by atoms with E-state index in [9.17, 15) is 15.0 Å². The topological polar surface area (TPSA) is 136 Å². The first-order chi connectivity index (χ1) is 23.3. The van der Waals surface area contributed by atoms with Crippen molar-refractivity contribution in [3.63, 3.8) is 0 Å². The standard InChI is InChI=1S/C36H43FN6O5/c1-4-9-30-28(19-23-14-13-22(20-29(23)37)26-11-7-8-12-27(26)33-40-36(46)48-41-33)34(45)42(35-38-21-39-43(30)35)24-15-17-25(18-16-24)47-32(10-5-2)31(44)6-3/h6-8,11-14,20-21,24-25,32,36,44,46H,4-5,9-10,15-19H2,1-3H3,(H,40,41). The Bertz CT molecular complexity index is 1880. The summed E-state index contributed by atoms with van der Waals surface area (Å²) >= 11 is 0. The summed E-state index contributed by atoms with van der Waals surface area (Å²) in [7, 11) is 0. The fraction of sp³-hybridized carbons (Fsp3) is 0.444. The number of fused-ring (bicyclic) bond motifs is 1. The maximum atomic E-state index is 15.9. The molecule has 48 heavy (non-hydrogen) atoms. The van der Waals surface area contributed by atoms with Crippen LogP contribution in [0.5, 0.6) is 0 Å². The van der Waals surface area contributed by atoms with Crippen LogP contribution in [0, 0.1) is 5.82 Å². The van der Waals surface area contributed by atoms with Crippen LogP contribution in [0.3, 0.4) is 0 Å². The van der Waals surface area contributed by atoms with Gasteiger partial charge < -0.3 is 14.9 Å². The Balaban J connectivity index is 1.30. The minimum Gasteiger partial charge on any atom is -0.510 e. The molecule has 2 aliphatic rings. The van der Waals surface area contributed by atoms with Crippen molar-refractivity contribution in [2.24, 2.45) is 4.99 Å². The van der Waals surface area contributed by atoms with Gasteiger partial charge in [0, 0.05) is 23.6 Å². The number of aromatic nitrogens is 4. The number of halogens is 1. The number of nitrogens with zero attached hydrogens (tertiary/aromatic N) is 5. The molecule has 0 spiro atoms. The van der Waals surface area contributed by atoms with Crippen LogP contribution in [0.4, 0.5) is 4.39 Å². The molecule has 3 N–H and O–H groups in total. The zero-order valence-electron chi connectivity index (χ0n) is 27.6. The van der Waals surface area contributed by atoms with E-state index >= 15 is 4.39 Å². The Labute approximate surface area is 278 Å². The molecular formula is C36H43FN6O5. The van der Waals surface area contributed by atoms with Crippen molar-refractivity contribution in [1.82, 2.24) is 24.6 Å². The molecule has 1 aliphatic heterocycles. The molecule has 254 valence electrons. The van der Waals surface area contributed by atoms with Gasteiger partial charge in [-0.2, -0.15) is 10.1 Å². The molecule has 2 atom stereocenters. The smallest absolute Gasteiger partial charge is 0.280 e. The van der Waals surface area contributed by atoms with Crippen LogP contribution in [-0.2, 0) is 22.4 Å². The second kappa shape index (κ2) is 14.8. The summed E-state index contributed by atoms with van der Waals surface area (Å²) in [5.41, 5.74) is 6.10. The summed E-state index contributed by atoms with van der Waals surface area (Å²) in [5, 5.41) is 24.5. The average Bonchev–Trinajstić information content (AvgIpc) is 3.76. The Morgan fingerprint density at radius 1 is 1.15 bits per heavy atom. The van der Waals surface area contributed by atoms with Gasteiger partial charge in [0.25, 0.3) is 12.0 Å². The summed E-state index contributed by atoms with van der Waals surface area (Å²) in [4.78, 5) is 27.9. The van der Waals surface area contributed by atoms with Gasteiger partial charge in [-0.1, -0.05) is 63.1 Å². The molecule has 2 unspecified atom stereocenters. The molecule has 12 heteroatoms. The molecule has 1 aliphatic carbocycles. The third-order valence-electron chi connectivity index (χ3n) is 9.27. The van der Waals surface area contributed by atoms with Crippen molar-refractivity contribution in [3.8, 4) is 11.1 Å². The van der Waals surface area contributed by atoms with Gasteiger partial charge >= 0.3 is 0 Å². The minimum atomic E-state index is -1.31. The summed E-state index contributed by atoms with van der Waals surface area (Å²) in [6.07, 6.45) is 7.52. The molecule has 1 saturated carbocycles. The molecule has 0 radical (unpaired) electrons. The number of allylic oxidation sites excluding steroid dienone is 1. The van der Waals surface area contributed by atoms with Crippen molar-refractivity contribution in [2.45, 2.75) is 103 Å². The highest BCUT2D eigenvalue weighted by Crippen LogP contribution is 2.33. The Morgan fingerprint density at radius 3 is 2.58 bits per heavy atom. The van der Waals surface area contributed by atoms with Crippen LogP contribution in [-0.4, -0.2) is 53.8 Å². The first-order valence-corrected chi connectivity index (χ1v) is 16.8. The van der Waals surface area contributed by atoms with Crippen molar-refractivity contribution < 1.29 is 24.2 Å². The van der Waals surface area contributed by atoms with E-state index in [1.807, 2.05) is 37.3 Å². The number of ether oxygens (including phenoxy) is 1. The van der Waals surface area contributed by atoms with Crippen molar-refractivity contribution in [1.29, 1.82) is 0 Å². The molecule has 0 saturated heterocycles. The van der Waals surface area contributed by atoms with Gasteiger partial charge in [0.15, 0.2) is 5.84 Å². The largest absolute Gasteiger partial charge is 0.510 e. The number of hydroxylamine groups is 1. The SMILES string of the molecule is CC=C(O)C(CCC)OC1CCC(n2c(=O)c(Cc3ccc(-c4ccccc4C4=NC(O)ON4)cc3F)c(CCC)n3ncnc23)CC1. The van der Waals surface area contributed by atoms with Crippen molar-refractivity contribution in [2.75, 3.05) is 0 Å². The lowest BCUT2D eigenvalue weighted by Gasteiger charge is -2.32. The number of benzene rings is 2. The highest BCUT2D eigenvalue weighted by atomic mass is 19.1. The molecular weight excluding hydrogens is 615 g/mol. The van der Waals surface area contributed by atoms with E-state index < -0.39 is 12.2 Å². The van der Waals surface area contributed by atoms with Gasteiger partial charge in [-0.25, -0.2) is 24.2 Å². The number of hydrogen-bond acceptors (Lipinski definition) is 9. The predicted octanol–water partition coefficient (Wildman–Crippen LogP) is 5.93. The second-order valence-corrected chi connectivity index (χ2v) is 12.4. The lowest BCUT2D eigenvalue weighted by atomic mass is 9.92. The predicted molar refractivity (Wildman–Crippen MR) is 180 cm³/mol. The quantitative estimate of drug-likeness (QED) is 0.160. The molecule has 6 rings (SSSR count). The molecule has 1 fully saturated rings. The highest BCUT2D eigenvalue weighted by molar-refractivity contribution is 6.04. The minimum absolute atomic E-state index is 0.0183. The number of nitrogens with one attached hydrogen (secondary N) is 1. The number of amidine groups is 1. The fourth-order valence-corrected chi connectivity index (χ4v) is 6.87. The summed E-state index contributed by atoms with van der Waals surface area (Å²) < 4.78 is 25.8. The molecule has 0 bridgehead atoms. The van der Waals surface area contributed by atoms with E-state index in [4.69, 9.17) is 9.57 Å². The molecule has 3 heterocycles. The van der Waals surface area contributed by atoms with Gasteiger partial charge in [-0.05, 0) is 74.3 Å². The first-order valence-electron chi connectivity index (χ1n) is 16.8. The van der Waals surface area contributed by atoms with Gasteiger partial charge in [-0.15, -0.1) is 0 Å². The average molecular weight is 659 g/mol. The monoisotopic (exact) mass is 658 g/mol. The molecule has 0 amide bonds. The lowest BCUT2D eigenvalue weighted by molar-refractivity contribution is -0.102. The third kappa shape index (κ3) is 6.78. The number of aryl methyl sites for hydroxylation is 1. The van der Waals surface area contributed by atoms with Gasteiger partial charge in [0.1, 0.15) is 24.0 Å². The van der Waals surface area contributed by atoms with E-state index in [1.54, 1.807) is 28.1 Å². The Kier molecular flexibility index (Phi) is 10.3. The summed E-state index contributed by atoms with van der Waals surface area (Å²) in [5.74, 6) is 0.675. The van der Waals surface area contributed by atoms with Gasteiger partial charge in [0.05, 0.1) is 11.8 Å².